The Morgan fingerprint density at radius 2 is 1.95 bits per heavy atom. The largest absolute Gasteiger partial charge is 0.398 e. The molecule has 1 aliphatic carbocycles. The van der Waals surface area contributed by atoms with Crippen LogP contribution in [0.2, 0.25) is 0 Å². The van der Waals surface area contributed by atoms with Gasteiger partial charge in [0.15, 0.2) is 0 Å². The van der Waals surface area contributed by atoms with E-state index >= 15 is 0 Å². The molecule has 1 fully saturated rings. The van der Waals surface area contributed by atoms with Crippen molar-refractivity contribution in [2.75, 3.05) is 5.73 Å². The molecule has 0 aliphatic heterocycles. The third-order valence-corrected chi connectivity index (χ3v) is 5.36. The van der Waals surface area contributed by atoms with Gasteiger partial charge in [-0.2, -0.15) is 5.26 Å². The summed E-state index contributed by atoms with van der Waals surface area (Å²) in [4.78, 5) is 0.0510. The van der Waals surface area contributed by atoms with Crippen molar-refractivity contribution in [1.29, 1.82) is 5.26 Å². The molecule has 0 aromatic heterocycles. The van der Waals surface area contributed by atoms with Gasteiger partial charge in [-0.15, -0.1) is 0 Å². The predicted octanol–water partition coefficient (Wildman–Crippen LogP) is 2.00. The van der Waals surface area contributed by atoms with E-state index in [1.165, 1.54) is 18.2 Å². The molecule has 1 saturated carbocycles. The molecule has 2 rings (SSSR count). The van der Waals surface area contributed by atoms with Crippen LogP contribution in [-0.4, -0.2) is 14.5 Å². The summed E-state index contributed by atoms with van der Waals surface area (Å²) >= 11 is 0. The molecule has 1 aromatic carbocycles. The van der Waals surface area contributed by atoms with Crippen molar-refractivity contribution < 1.29 is 8.42 Å². The third-order valence-electron chi connectivity index (χ3n) is 3.77. The lowest BCUT2D eigenvalue weighted by atomic mass is 9.88. The average Bonchev–Trinajstić information content (AvgIpc) is 2.40. The normalized spacial score (nSPS) is 23.2. The van der Waals surface area contributed by atoms with Crippen molar-refractivity contribution in [1.82, 2.24) is 4.72 Å². The number of benzene rings is 1. The molecule has 5 nitrogen and oxygen atoms in total. The Labute approximate surface area is 119 Å². The van der Waals surface area contributed by atoms with Gasteiger partial charge in [0.2, 0.25) is 10.0 Å². The molecule has 0 bridgehead atoms. The van der Waals surface area contributed by atoms with Crippen LogP contribution in [0.1, 0.15) is 38.2 Å². The van der Waals surface area contributed by atoms with Crippen LogP contribution in [0.15, 0.2) is 23.1 Å². The van der Waals surface area contributed by atoms with Gasteiger partial charge in [-0.3, -0.25) is 0 Å². The fraction of sp³-hybridized carbons (Fsp3) is 0.500. The predicted molar refractivity (Wildman–Crippen MR) is 77.3 cm³/mol. The van der Waals surface area contributed by atoms with E-state index in [1.807, 2.05) is 6.07 Å². The van der Waals surface area contributed by atoms with E-state index in [4.69, 9.17) is 11.0 Å². The highest BCUT2D eigenvalue weighted by Crippen LogP contribution is 2.26. The van der Waals surface area contributed by atoms with E-state index in [0.29, 0.717) is 11.5 Å². The van der Waals surface area contributed by atoms with E-state index in [0.717, 1.165) is 25.7 Å². The van der Waals surface area contributed by atoms with Gasteiger partial charge >= 0.3 is 0 Å². The molecule has 0 saturated heterocycles. The second-order valence-corrected chi connectivity index (χ2v) is 7.12. The zero-order valence-electron chi connectivity index (χ0n) is 11.5. The summed E-state index contributed by atoms with van der Waals surface area (Å²) in [6, 6.07) is 6.16. The van der Waals surface area contributed by atoms with E-state index in [-0.39, 0.29) is 16.6 Å². The Bertz CT molecular complexity index is 626. The molecule has 108 valence electrons. The van der Waals surface area contributed by atoms with Crippen LogP contribution in [0.4, 0.5) is 5.69 Å². The Hall–Kier alpha value is -1.58. The summed E-state index contributed by atoms with van der Waals surface area (Å²) in [7, 11) is -3.62. The molecular formula is C14H19N3O2S. The molecule has 1 aromatic rings. The zero-order valence-corrected chi connectivity index (χ0v) is 12.3. The van der Waals surface area contributed by atoms with Crippen LogP contribution < -0.4 is 10.5 Å². The van der Waals surface area contributed by atoms with Gasteiger partial charge in [-0.05, 0) is 49.8 Å². The standard InChI is InChI=1S/C14H19N3O2S/c1-10-2-5-12(6-3-10)17-20(18,19)14-7-4-11(9-15)8-13(14)16/h4,7-8,10,12,17H,2-3,5-6,16H2,1H3. The smallest absolute Gasteiger partial charge is 0.242 e. The van der Waals surface area contributed by atoms with Gasteiger partial charge in [-0.25, -0.2) is 13.1 Å². The molecule has 0 atom stereocenters. The first-order chi connectivity index (χ1) is 9.42. The van der Waals surface area contributed by atoms with Crippen LogP contribution in [0, 0.1) is 17.2 Å². The van der Waals surface area contributed by atoms with Crippen molar-refractivity contribution in [2.24, 2.45) is 5.92 Å². The Morgan fingerprint density at radius 1 is 1.30 bits per heavy atom. The summed E-state index contributed by atoms with van der Waals surface area (Å²) in [5, 5.41) is 8.77. The molecule has 0 radical (unpaired) electrons. The fourth-order valence-corrected chi connectivity index (χ4v) is 3.94. The highest BCUT2D eigenvalue weighted by molar-refractivity contribution is 7.89. The first kappa shape index (κ1) is 14.8. The van der Waals surface area contributed by atoms with Crippen molar-refractivity contribution >= 4 is 15.7 Å². The van der Waals surface area contributed by atoms with E-state index < -0.39 is 10.0 Å². The van der Waals surface area contributed by atoms with Crippen molar-refractivity contribution in [2.45, 2.75) is 43.5 Å². The van der Waals surface area contributed by atoms with Gasteiger partial charge in [-0.1, -0.05) is 6.92 Å². The number of sulfonamides is 1. The zero-order chi connectivity index (χ0) is 14.8. The van der Waals surface area contributed by atoms with E-state index in [2.05, 4.69) is 11.6 Å². The maximum atomic E-state index is 12.3. The highest BCUT2D eigenvalue weighted by atomic mass is 32.2. The number of nitrogens with one attached hydrogen (secondary N) is 1. The lowest BCUT2D eigenvalue weighted by Gasteiger charge is -2.26. The molecule has 0 unspecified atom stereocenters. The summed E-state index contributed by atoms with van der Waals surface area (Å²) in [6.07, 6.45) is 3.79. The number of rotatable bonds is 3. The van der Waals surface area contributed by atoms with Gasteiger partial charge in [0, 0.05) is 6.04 Å². The van der Waals surface area contributed by atoms with Gasteiger partial charge < -0.3 is 5.73 Å². The van der Waals surface area contributed by atoms with Crippen molar-refractivity contribution in [3.05, 3.63) is 23.8 Å². The quantitative estimate of drug-likeness (QED) is 0.833. The molecular weight excluding hydrogens is 274 g/mol. The lowest BCUT2D eigenvalue weighted by Crippen LogP contribution is -2.37. The molecule has 3 N–H and O–H groups in total. The van der Waals surface area contributed by atoms with Crippen LogP contribution in [-0.2, 0) is 10.0 Å². The minimum absolute atomic E-state index is 0.0220. The number of anilines is 1. The van der Waals surface area contributed by atoms with Gasteiger partial charge in [0.25, 0.3) is 0 Å². The average molecular weight is 293 g/mol. The Morgan fingerprint density at radius 3 is 2.50 bits per heavy atom. The Balaban J connectivity index is 2.16. The minimum atomic E-state index is -3.62. The number of hydrogen-bond acceptors (Lipinski definition) is 4. The number of nitrogens with two attached hydrogens (primary N) is 1. The maximum absolute atomic E-state index is 12.3. The van der Waals surface area contributed by atoms with Crippen LogP contribution >= 0.6 is 0 Å². The summed E-state index contributed by atoms with van der Waals surface area (Å²) in [5.74, 6) is 0.663. The SMILES string of the molecule is CC1CCC(NS(=O)(=O)c2ccc(C#N)cc2N)CC1. The van der Waals surface area contributed by atoms with Gasteiger partial charge in [0.05, 0.1) is 17.3 Å². The number of nitrogens with zero attached hydrogens (tertiary/aromatic N) is 1. The van der Waals surface area contributed by atoms with E-state index in [9.17, 15) is 8.42 Å². The number of hydrogen-bond donors (Lipinski definition) is 2. The van der Waals surface area contributed by atoms with Crippen LogP contribution in [0.3, 0.4) is 0 Å². The molecule has 1 aliphatic rings. The number of nitrogen functional groups attached to an aromatic ring is 1. The van der Waals surface area contributed by atoms with Crippen LogP contribution in [0.5, 0.6) is 0 Å². The molecule has 0 spiro atoms. The maximum Gasteiger partial charge on any atom is 0.242 e. The first-order valence-corrected chi connectivity index (χ1v) is 8.22. The number of nitriles is 1. The second kappa shape index (κ2) is 5.81. The highest BCUT2D eigenvalue weighted by Gasteiger charge is 2.25. The summed E-state index contributed by atoms with van der Waals surface area (Å²) < 4.78 is 27.4. The second-order valence-electron chi connectivity index (χ2n) is 5.44. The fourth-order valence-electron chi connectivity index (χ4n) is 2.52. The molecule has 6 heteroatoms. The van der Waals surface area contributed by atoms with Crippen molar-refractivity contribution in [3.63, 3.8) is 0 Å². The lowest BCUT2D eigenvalue weighted by molar-refractivity contribution is 0.332. The van der Waals surface area contributed by atoms with E-state index in [1.54, 1.807) is 0 Å². The van der Waals surface area contributed by atoms with Gasteiger partial charge in [0.1, 0.15) is 4.90 Å². The first-order valence-electron chi connectivity index (χ1n) is 6.74. The molecule has 20 heavy (non-hydrogen) atoms. The summed E-state index contributed by atoms with van der Waals surface area (Å²) in [5.41, 5.74) is 6.21. The molecule has 0 amide bonds. The Kier molecular flexibility index (Phi) is 4.31. The summed E-state index contributed by atoms with van der Waals surface area (Å²) in [6.45, 7) is 2.18. The topological polar surface area (TPSA) is 96.0 Å². The van der Waals surface area contributed by atoms with Crippen molar-refractivity contribution in [3.8, 4) is 6.07 Å². The molecule has 0 heterocycles. The van der Waals surface area contributed by atoms with Crippen LogP contribution in [0.25, 0.3) is 0 Å². The minimum Gasteiger partial charge on any atom is -0.398 e. The third kappa shape index (κ3) is 3.30. The monoisotopic (exact) mass is 293 g/mol.